The van der Waals surface area contributed by atoms with Gasteiger partial charge in [0.2, 0.25) is 0 Å². The molecule has 1 N–H and O–H groups in total. The van der Waals surface area contributed by atoms with E-state index in [2.05, 4.69) is 27.3 Å². The van der Waals surface area contributed by atoms with Crippen LogP contribution < -0.4 is 5.32 Å². The first-order valence-corrected chi connectivity index (χ1v) is 6.74. The summed E-state index contributed by atoms with van der Waals surface area (Å²) < 4.78 is 0. The fraction of sp³-hybridized carbons (Fsp3) is 0.429. The Kier molecular flexibility index (Phi) is 3.57. The van der Waals surface area contributed by atoms with E-state index in [1.54, 1.807) is 4.80 Å². The predicted molar refractivity (Wildman–Crippen MR) is 74.1 cm³/mol. The van der Waals surface area contributed by atoms with Gasteiger partial charge in [-0.05, 0) is 19.1 Å². The fourth-order valence-corrected chi connectivity index (χ4v) is 2.38. The Morgan fingerprint density at radius 3 is 2.95 bits per heavy atom. The van der Waals surface area contributed by atoms with Crippen molar-refractivity contribution in [2.75, 3.05) is 19.6 Å². The van der Waals surface area contributed by atoms with Gasteiger partial charge in [0, 0.05) is 32.2 Å². The van der Waals surface area contributed by atoms with E-state index in [-0.39, 0.29) is 0 Å². The number of piperazine rings is 1. The molecule has 1 aliphatic rings. The monoisotopic (exact) mass is 257 g/mol. The molecule has 1 aromatic heterocycles. The Morgan fingerprint density at radius 2 is 2.16 bits per heavy atom. The van der Waals surface area contributed by atoms with Crippen molar-refractivity contribution in [2.45, 2.75) is 19.5 Å². The van der Waals surface area contributed by atoms with E-state index in [0.29, 0.717) is 6.04 Å². The van der Waals surface area contributed by atoms with Gasteiger partial charge in [-0.3, -0.25) is 4.90 Å². The molecule has 2 aromatic rings. The summed E-state index contributed by atoms with van der Waals surface area (Å²) in [6.45, 7) is 6.28. The largest absolute Gasteiger partial charge is 0.314 e. The molecule has 0 saturated carbocycles. The maximum Gasteiger partial charge on any atom is 0.0971 e. The first-order valence-electron chi connectivity index (χ1n) is 6.74. The van der Waals surface area contributed by atoms with Gasteiger partial charge in [0.15, 0.2) is 0 Å². The standard InChI is InChI=1S/C14H19N5/c1-12-9-15-7-8-18(12)11-13-10-16-19(17-13)14-5-3-2-4-6-14/h2-6,10,12,15H,7-9,11H2,1H3/t12-/m0/s1. The van der Waals surface area contributed by atoms with Gasteiger partial charge in [0.25, 0.3) is 0 Å². The number of rotatable bonds is 3. The first kappa shape index (κ1) is 12.3. The first-order chi connectivity index (χ1) is 9.33. The minimum Gasteiger partial charge on any atom is -0.314 e. The molecule has 3 rings (SSSR count). The summed E-state index contributed by atoms with van der Waals surface area (Å²) in [5.41, 5.74) is 2.03. The third-order valence-corrected chi connectivity index (χ3v) is 3.53. The Labute approximate surface area is 113 Å². The molecule has 1 aromatic carbocycles. The molecule has 1 fully saturated rings. The Bertz CT molecular complexity index is 522. The SMILES string of the molecule is C[C@H]1CNCCN1Cc1cnn(-c2ccccc2)n1. The van der Waals surface area contributed by atoms with Crippen LogP contribution in [0.25, 0.3) is 5.69 Å². The summed E-state index contributed by atoms with van der Waals surface area (Å²) in [6.07, 6.45) is 1.86. The molecule has 100 valence electrons. The van der Waals surface area contributed by atoms with E-state index in [0.717, 1.165) is 37.6 Å². The molecule has 5 nitrogen and oxygen atoms in total. The van der Waals surface area contributed by atoms with Crippen LogP contribution in [0.5, 0.6) is 0 Å². The average Bonchev–Trinajstić information content (AvgIpc) is 2.91. The number of nitrogens with one attached hydrogen (secondary N) is 1. The van der Waals surface area contributed by atoms with Crippen LogP contribution in [-0.2, 0) is 6.54 Å². The smallest absolute Gasteiger partial charge is 0.0971 e. The van der Waals surface area contributed by atoms with Crippen molar-refractivity contribution >= 4 is 0 Å². The number of hydrogen-bond donors (Lipinski definition) is 1. The van der Waals surface area contributed by atoms with E-state index in [4.69, 9.17) is 0 Å². The Balaban J connectivity index is 1.71. The molecule has 0 unspecified atom stereocenters. The lowest BCUT2D eigenvalue weighted by atomic mass is 10.2. The van der Waals surface area contributed by atoms with Crippen molar-refractivity contribution < 1.29 is 0 Å². The van der Waals surface area contributed by atoms with Gasteiger partial charge in [0.1, 0.15) is 0 Å². The van der Waals surface area contributed by atoms with Crippen molar-refractivity contribution in [2.24, 2.45) is 0 Å². The van der Waals surface area contributed by atoms with Gasteiger partial charge < -0.3 is 5.32 Å². The van der Waals surface area contributed by atoms with Gasteiger partial charge in [-0.2, -0.15) is 15.0 Å². The minimum atomic E-state index is 0.552. The highest BCUT2D eigenvalue weighted by Crippen LogP contribution is 2.09. The van der Waals surface area contributed by atoms with E-state index in [1.807, 2.05) is 36.5 Å². The molecule has 19 heavy (non-hydrogen) atoms. The molecule has 2 heterocycles. The fourth-order valence-electron chi connectivity index (χ4n) is 2.38. The molecular weight excluding hydrogens is 238 g/mol. The molecule has 0 spiro atoms. The lowest BCUT2D eigenvalue weighted by molar-refractivity contribution is 0.163. The lowest BCUT2D eigenvalue weighted by Crippen LogP contribution is -2.49. The normalized spacial score (nSPS) is 20.6. The zero-order valence-electron chi connectivity index (χ0n) is 11.2. The molecule has 0 aliphatic carbocycles. The maximum absolute atomic E-state index is 4.55. The highest BCUT2D eigenvalue weighted by Gasteiger charge is 2.18. The zero-order valence-corrected chi connectivity index (χ0v) is 11.2. The van der Waals surface area contributed by atoms with Crippen LogP contribution in [0.4, 0.5) is 0 Å². The highest BCUT2D eigenvalue weighted by atomic mass is 15.5. The predicted octanol–water partition coefficient (Wildman–Crippen LogP) is 1.06. The van der Waals surface area contributed by atoms with Crippen molar-refractivity contribution in [1.82, 2.24) is 25.2 Å². The van der Waals surface area contributed by atoms with E-state index < -0.39 is 0 Å². The molecular formula is C14H19N5. The highest BCUT2D eigenvalue weighted by molar-refractivity contribution is 5.28. The number of nitrogens with zero attached hydrogens (tertiary/aromatic N) is 4. The van der Waals surface area contributed by atoms with Crippen LogP contribution >= 0.6 is 0 Å². The Morgan fingerprint density at radius 1 is 1.32 bits per heavy atom. The Hall–Kier alpha value is -1.72. The number of aromatic nitrogens is 3. The van der Waals surface area contributed by atoms with Gasteiger partial charge >= 0.3 is 0 Å². The zero-order chi connectivity index (χ0) is 13.1. The third-order valence-electron chi connectivity index (χ3n) is 3.53. The second-order valence-corrected chi connectivity index (χ2v) is 4.98. The van der Waals surface area contributed by atoms with Crippen LogP contribution in [0.15, 0.2) is 36.5 Å². The second-order valence-electron chi connectivity index (χ2n) is 4.98. The van der Waals surface area contributed by atoms with Crippen LogP contribution in [0.3, 0.4) is 0 Å². The molecule has 1 atom stereocenters. The molecule has 0 amide bonds. The summed E-state index contributed by atoms with van der Waals surface area (Å²) in [5, 5.41) is 12.3. The van der Waals surface area contributed by atoms with E-state index >= 15 is 0 Å². The third kappa shape index (κ3) is 2.83. The van der Waals surface area contributed by atoms with E-state index in [9.17, 15) is 0 Å². The van der Waals surface area contributed by atoms with Crippen LogP contribution in [0.2, 0.25) is 0 Å². The molecule has 0 radical (unpaired) electrons. The maximum atomic E-state index is 4.55. The summed E-state index contributed by atoms with van der Waals surface area (Å²) in [5.74, 6) is 0. The van der Waals surface area contributed by atoms with Gasteiger partial charge in [-0.1, -0.05) is 18.2 Å². The van der Waals surface area contributed by atoms with E-state index in [1.165, 1.54) is 0 Å². The number of hydrogen-bond acceptors (Lipinski definition) is 4. The summed E-state index contributed by atoms with van der Waals surface area (Å²) in [7, 11) is 0. The molecule has 1 aliphatic heterocycles. The van der Waals surface area contributed by atoms with Crippen molar-refractivity contribution in [3.05, 3.63) is 42.2 Å². The number of para-hydroxylation sites is 1. The van der Waals surface area contributed by atoms with Crippen molar-refractivity contribution in [3.8, 4) is 5.69 Å². The molecule has 0 bridgehead atoms. The quantitative estimate of drug-likeness (QED) is 0.893. The van der Waals surface area contributed by atoms with Crippen LogP contribution in [-0.4, -0.2) is 45.6 Å². The topological polar surface area (TPSA) is 46.0 Å². The van der Waals surface area contributed by atoms with Crippen molar-refractivity contribution in [1.29, 1.82) is 0 Å². The van der Waals surface area contributed by atoms with Crippen molar-refractivity contribution in [3.63, 3.8) is 0 Å². The summed E-state index contributed by atoms with van der Waals surface area (Å²) in [6, 6.07) is 10.6. The molecule has 1 saturated heterocycles. The average molecular weight is 257 g/mol. The van der Waals surface area contributed by atoms with Gasteiger partial charge in [-0.25, -0.2) is 0 Å². The lowest BCUT2D eigenvalue weighted by Gasteiger charge is -2.33. The number of benzene rings is 1. The van der Waals surface area contributed by atoms with Crippen LogP contribution in [0.1, 0.15) is 12.6 Å². The second kappa shape index (κ2) is 5.50. The molecule has 5 heteroatoms. The summed E-state index contributed by atoms with van der Waals surface area (Å²) >= 11 is 0. The van der Waals surface area contributed by atoms with Gasteiger partial charge in [0.05, 0.1) is 17.6 Å². The minimum absolute atomic E-state index is 0.552. The summed E-state index contributed by atoms with van der Waals surface area (Å²) in [4.78, 5) is 4.14. The van der Waals surface area contributed by atoms with Crippen LogP contribution in [0, 0.1) is 0 Å². The van der Waals surface area contributed by atoms with Gasteiger partial charge in [-0.15, -0.1) is 0 Å².